The van der Waals surface area contributed by atoms with Gasteiger partial charge >= 0.3 is 6.03 Å². The molecule has 2 aliphatic rings. The van der Waals surface area contributed by atoms with Gasteiger partial charge < -0.3 is 5.11 Å². The maximum atomic E-state index is 14.0. The first-order valence-electron chi connectivity index (χ1n) is 10.6. The molecule has 5 rings (SSSR count). The monoisotopic (exact) mass is 498 g/mol. The normalized spacial score (nSPS) is 20.9. The highest BCUT2D eigenvalue weighted by molar-refractivity contribution is 9.10. The number of anilines is 2. The number of amides is 2. The SMILES string of the molecule is N#Cc1ccc(N2C(=O)N(c3ccc(Br)cc3)C(O)(c3cccc(C#N)c3)C23CCC3)cc1. The summed E-state index contributed by atoms with van der Waals surface area (Å²) in [6.07, 6.45) is 2.05. The summed E-state index contributed by atoms with van der Waals surface area (Å²) in [5.74, 6) is 0. The van der Waals surface area contributed by atoms with Gasteiger partial charge in [0.1, 0.15) is 5.54 Å². The molecule has 0 radical (unpaired) electrons. The molecule has 3 aromatic rings. The molecular formula is C26H19BrN4O2. The number of rotatable bonds is 3. The quantitative estimate of drug-likeness (QED) is 0.522. The van der Waals surface area contributed by atoms with Gasteiger partial charge in [-0.05, 0) is 79.9 Å². The van der Waals surface area contributed by atoms with Crippen LogP contribution in [-0.2, 0) is 5.72 Å². The Morgan fingerprint density at radius 2 is 1.45 bits per heavy atom. The molecule has 2 amide bonds. The molecule has 0 bridgehead atoms. The zero-order chi connectivity index (χ0) is 23.2. The van der Waals surface area contributed by atoms with Crippen LogP contribution in [0, 0.1) is 22.7 Å². The summed E-state index contributed by atoms with van der Waals surface area (Å²) in [5, 5.41) is 31.2. The predicted molar refractivity (Wildman–Crippen MR) is 127 cm³/mol. The average molecular weight is 499 g/mol. The Bertz CT molecular complexity index is 1320. The number of nitriles is 2. The van der Waals surface area contributed by atoms with E-state index in [2.05, 4.69) is 28.1 Å². The number of halogens is 1. The van der Waals surface area contributed by atoms with E-state index in [0.29, 0.717) is 40.9 Å². The van der Waals surface area contributed by atoms with E-state index in [0.717, 1.165) is 10.9 Å². The molecule has 162 valence electrons. The molecule has 1 saturated carbocycles. The second-order valence-electron chi connectivity index (χ2n) is 8.34. The molecule has 1 heterocycles. The number of carbonyl (C=O) groups excluding carboxylic acids is 1. The molecule has 0 aromatic heterocycles. The Hall–Kier alpha value is -3.65. The van der Waals surface area contributed by atoms with Crippen LogP contribution in [-0.4, -0.2) is 16.7 Å². The fourth-order valence-corrected chi connectivity index (χ4v) is 5.27. The van der Waals surface area contributed by atoms with E-state index in [1.54, 1.807) is 65.6 Å². The van der Waals surface area contributed by atoms with E-state index in [1.165, 1.54) is 4.90 Å². The number of benzene rings is 3. The summed E-state index contributed by atoms with van der Waals surface area (Å²) in [4.78, 5) is 17.2. The highest BCUT2D eigenvalue weighted by Crippen LogP contribution is 2.59. The van der Waals surface area contributed by atoms with Crippen molar-refractivity contribution in [3.05, 3.63) is 94.0 Å². The van der Waals surface area contributed by atoms with Crippen LogP contribution < -0.4 is 9.80 Å². The van der Waals surface area contributed by atoms with Gasteiger partial charge in [-0.15, -0.1) is 0 Å². The van der Waals surface area contributed by atoms with Crippen LogP contribution in [0.3, 0.4) is 0 Å². The number of urea groups is 1. The maximum Gasteiger partial charge on any atom is 0.332 e. The first-order chi connectivity index (χ1) is 15.9. The molecule has 1 atom stereocenters. The van der Waals surface area contributed by atoms with E-state index in [4.69, 9.17) is 0 Å². The third-order valence-corrected chi connectivity index (χ3v) is 7.23. The number of carbonyl (C=O) groups is 1. The van der Waals surface area contributed by atoms with Crippen molar-refractivity contribution >= 4 is 33.3 Å². The average Bonchev–Trinajstić information content (AvgIpc) is 3.04. The van der Waals surface area contributed by atoms with Crippen molar-refractivity contribution in [3.8, 4) is 12.1 Å². The molecule has 1 saturated heterocycles. The Morgan fingerprint density at radius 3 is 2.03 bits per heavy atom. The van der Waals surface area contributed by atoms with Crippen molar-refractivity contribution in [1.29, 1.82) is 10.5 Å². The Morgan fingerprint density at radius 1 is 0.848 bits per heavy atom. The van der Waals surface area contributed by atoms with E-state index in [9.17, 15) is 20.4 Å². The third-order valence-electron chi connectivity index (χ3n) is 6.70. The fourth-order valence-electron chi connectivity index (χ4n) is 5.00. The molecule has 1 unspecified atom stereocenters. The van der Waals surface area contributed by atoms with Crippen LogP contribution in [0.1, 0.15) is 36.0 Å². The van der Waals surface area contributed by atoms with Gasteiger partial charge in [-0.3, -0.25) is 9.80 Å². The smallest absolute Gasteiger partial charge is 0.332 e. The number of aliphatic hydroxyl groups is 1. The zero-order valence-electron chi connectivity index (χ0n) is 17.6. The van der Waals surface area contributed by atoms with Crippen molar-refractivity contribution in [2.45, 2.75) is 30.5 Å². The van der Waals surface area contributed by atoms with Gasteiger partial charge in [0.05, 0.1) is 23.3 Å². The minimum Gasteiger partial charge on any atom is -0.364 e. The summed E-state index contributed by atoms with van der Waals surface area (Å²) >= 11 is 3.43. The lowest BCUT2D eigenvalue weighted by Crippen LogP contribution is -2.63. The largest absolute Gasteiger partial charge is 0.364 e. The van der Waals surface area contributed by atoms with Gasteiger partial charge in [-0.2, -0.15) is 10.5 Å². The van der Waals surface area contributed by atoms with E-state index < -0.39 is 11.3 Å². The lowest BCUT2D eigenvalue weighted by atomic mass is 9.66. The van der Waals surface area contributed by atoms with Crippen LogP contribution >= 0.6 is 15.9 Å². The highest BCUT2D eigenvalue weighted by Gasteiger charge is 2.70. The van der Waals surface area contributed by atoms with Crippen molar-refractivity contribution < 1.29 is 9.90 Å². The number of nitrogens with zero attached hydrogens (tertiary/aromatic N) is 4. The van der Waals surface area contributed by atoms with Crippen LogP contribution in [0.15, 0.2) is 77.3 Å². The zero-order valence-corrected chi connectivity index (χ0v) is 19.2. The summed E-state index contributed by atoms with van der Waals surface area (Å²) in [6, 6.07) is 24.8. The molecule has 1 spiro atoms. The van der Waals surface area contributed by atoms with Gasteiger partial charge in [-0.25, -0.2) is 4.79 Å². The fraction of sp³-hybridized carbons (Fsp3) is 0.192. The first-order valence-corrected chi connectivity index (χ1v) is 11.4. The lowest BCUT2D eigenvalue weighted by Gasteiger charge is -2.52. The van der Waals surface area contributed by atoms with Crippen LogP contribution in [0.5, 0.6) is 0 Å². The number of hydrogen-bond donors (Lipinski definition) is 1. The minimum atomic E-state index is -1.70. The Kier molecular flexibility index (Phi) is 4.97. The molecule has 6 nitrogen and oxygen atoms in total. The van der Waals surface area contributed by atoms with Crippen molar-refractivity contribution in [1.82, 2.24) is 0 Å². The van der Waals surface area contributed by atoms with Gasteiger partial charge in [0.25, 0.3) is 0 Å². The van der Waals surface area contributed by atoms with Gasteiger partial charge in [0, 0.05) is 21.4 Å². The summed E-state index contributed by atoms with van der Waals surface area (Å²) in [6.45, 7) is 0. The second-order valence-corrected chi connectivity index (χ2v) is 9.25. The minimum absolute atomic E-state index is 0.355. The summed E-state index contributed by atoms with van der Waals surface area (Å²) in [7, 11) is 0. The summed E-state index contributed by atoms with van der Waals surface area (Å²) in [5.41, 5.74) is -0.0430. The topological polar surface area (TPSA) is 91.4 Å². The van der Waals surface area contributed by atoms with Crippen molar-refractivity contribution in [3.63, 3.8) is 0 Å². The number of hydrogen-bond acceptors (Lipinski definition) is 4. The molecule has 33 heavy (non-hydrogen) atoms. The van der Waals surface area contributed by atoms with E-state index >= 15 is 0 Å². The molecule has 2 fully saturated rings. The lowest BCUT2D eigenvalue weighted by molar-refractivity contribution is -0.0524. The summed E-state index contributed by atoms with van der Waals surface area (Å²) < 4.78 is 0.857. The predicted octanol–water partition coefficient (Wildman–Crippen LogP) is 5.41. The molecule has 1 aliphatic heterocycles. The molecular weight excluding hydrogens is 480 g/mol. The standard InChI is InChI=1S/C26H19BrN4O2/c27-21-7-11-23(12-8-21)31-24(32)30(22-9-5-18(16-28)6-10-22)25(13-2-14-25)26(31,33)20-4-1-3-19(15-20)17-29/h1,3-12,15,33H,2,13-14H2. The van der Waals surface area contributed by atoms with Crippen molar-refractivity contribution in [2.75, 3.05) is 9.80 Å². The van der Waals surface area contributed by atoms with Gasteiger partial charge in [-0.1, -0.05) is 28.1 Å². The molecule has 7 heteroatoms. The van der Waals surface area contributed by atoms with Crippen LogP contribution in [0.25, 0.3) is 0 Å². The van der Waals surface area contributed by atoms with E-state index in [1.807, 2.05) is 12.1 Å². The second kappa shape index (κ2) is 7.74. The van der Waals surface area contributed by atoms with Gasteiger partial charge in [0.15, 0.2) is 5.72 Å². The Balaban J connectivity index is 1.76. The Labute approximate surface area is 200 Å². The first kappa shape index (κ1) is 21.2. The molecule has 3 aromatic carbocycles. The van der Waals surface area contributed by atoms with E-state index in [-0.39, 0.29) is 6.03 Å². The third kappa shape index (κ3) is 2.97. The maximum absolute atomic E-state index is 14.0. The molecule has 1 N–H and O–H groups in total. The van der Waals surface area contributed by atoms with Crippen molar-refractivity contribution in [2.24, 2.45) is 0 Å². The van der Waals surface area contributed by atoms with Crippen LogP contribution in [0.2, 0.25) is 0 Å². The highest BCUT2D eigenvalue weighted by atomic mass is 79.9. The van der Waals surface area contributed by atoms with Crippen LogP contribution in [0.4, 0.5) is 16.2 Å². The molecule has 1 aliphatic carbocycles. The van der Waals surface area contributed by atoms with Gasteiger partial charge in [0.2, 0.25) is 0 Å².